The van der Waals surface area contributed by atoms with E-state index in [0.717, 1.165) is 38.5 Å². The summed E-state index contributed by atoms with van der Waals surface area (Å²) in [4.78, 5) is 22.3. The van der Waals surface area contributed by atoms with E-state index in [4.69, 9.17) is 10.5 Å². The van der Waals surface area contributed by atoms with Crippen LogP contribution < -0.4 is 10.5 Å². The highest BCUT2D eigenvalue weighted by molar-refractivity contribution is 5.76. The van der Waals surface area contributed by atoms with Gasteiger partial charge in [-0.3, -0.25) is 9.59 Å². The lowest BCUT2D eigenvalue weighted by atomic mass is 9.89. The second kappa shape index (κ2) is 10.1. The molecule has 0 bridgehead atoms. The average molecular weight is 331 g/mol. The number of amides is 1. The molecule has 1 aromatic carbocycles. The second-order valence-electron chi connectivity index (χ2n) is 6.81. The van der Waals surface area contributed by atoms with Gasteiger partial charge < -0.3 is 10.5 Å². The van der Waals surface area contributed by atoms with E-state index in [0.29, 0.717) is 5.75 Å². The van der Waals surface area contributed by atoms with Crippen LogP contribution in [-0.2, 0) is 9.59 Å². The van der Waals surface area contributed by atoms with E-state index in [-0.39, 0.29) is 23.7 Å². The minimum absolute atomic E-state index is 0.0547. The van der Waals surface area contributed by atoms with Crippen LogP contribution in [0.25, 0.3) is 0 Å². The van der Waals surface area contributed by atoms with Gasteiger partial charge in [0, 0.05) is 5.92 Å². The summed E-state index contributed by atoms with van der Waals surface area (Å²) in [6.07, 6.45) is 11.3. The molecule has 3 rings (SSSR count). The van der Waals surface area contributed by atoms with Crippen molar-refractivity contribution in [3.05, 3.63) is 30.3 Å². The SMILES string of the molecule is NC(=O)C1CCCCC1.O=C(Oc1ccccc1)C1CCCCC1. The van der Waals surface area contributed by atoms with Gasteiger partial charge in [0.2, 0.25) is 5.91 Å². The van der Waals surface area contributed by atoms with Gasteiger partial charge >= 0.3 is 5.97 Å². The molecule has 2 fully saturated rings. The molecule has 4 nitrogen and oxygen atoms in total. The second-order valence-corrected chi connectivity index (χ2v) is 6.81. The molecular formula is C20H29NO3. The quantitative estimate of drug-likeness (QED) is 0.666. The van der Waals surface area contributed by atoms with Crippen LogP contribution >= 0.6 is 0 Å². The van der Waals surface area contributed by atoms with Gasteiger partial charge in [0.25, 0.3) is 0 Å². The van der Waals surface area contributed by atoms with Crippen molar-refractivity contribution < 1.29 is 14.3 Å². The Bertz CT molecular complexity index is 503. The van der Waals surface area contributed by atoms with Crippen LogP contribution in [0.2, 0.25) is 0 Å². The van der Waals surface area contributed by atoms with Gasteiger partial charge in [-0.05, 0) is 37.8 Å². The largest absolute Gasteiger partial charge is 0.426 e. The number of rotatable bonds is 3. The Morgan fingerprint density at radius 3 is 1.75 bits per heavy atom. The monoisotopic (exact) mass is 331 g/mol. The Labute approximate surface area is 144 Å². The lowest BCUT2D eigenvalue weighted by Gasteiger charge is -2.19. The molecule has 2 N–H and O–H groups in total. The number of carbonyl (C=O) groups is 2. The van der Waals surface area contributed by atoms with Crippen LogP contribution in [0.1, 0.15) is 64.2 Å². The van der Waals surface area contributed by atoms with Crippen molar-refractivity contribution in [2.45, 2.75) is 64.2 Å². The lowest BCUT2D eigenvalue weighted by molar-refractivity contribution is -0.140. The smallest absolute Gasteiger partial charge is 0.314 e. The molecule has 24 heavy (non-hydrogen) atoms. The standard InChI is InChI=1S/C13H16O2.C7H13NO/c14-13(11-7-3-1-4-8-11)15-12-9-5-2-6-10-12;8-7(9)6-4-2-1-3-5-6/h2,5-6,9-11H,1,3-4,7-8H2;6H,1-5H2,(H2,8,9). The van der Waals surface area contributed by atoms with E-state index in [1.165, 1.54) is 25.7 Å². The summed E-state index contributed by atoms with van der Waals surface area (Å²) in [5.74, 6) is 0.821. The van der Waals surface area contributed by atoms with Crippen molar-refractivity contribution in [2.75, 3.05) is 0 Å². The molecule has 0 radical (unpaired) electrons. The Kier molecular flexibility index (Phi) is 7.80. The van der Waals surface area contributed by atoms with E-state index in [1.807, 2.05) is 30.3 Å². The number of nitrogens with two attached hydrogens (primary N) is 1. The van der Waals surface area contributed by atoms with E-state index in [9.17, 15) is 9.59 Å². The maximum Gasteiger partial charge on any atom is 0.314 e. The third-order valence-electron chi connectivity index (χ3n) is 4.91. The molecule has 1 aromatic rings. The highest BCUT2D eigenvalue weighted by Crippen LogP contribution is 2.25. The van der Waals surface area contributed by atoms with Gasteiger partial charge in [-0.2, -0.15) is 0 Å². The average Bonchev–Trinajstić information content (AvgIpc) is 2.64. The summed E-state index contributed by atoms with van der Waals surface area (Å²) in [6.45, 7) is 0. The van der Waals surface area contributed by atoms with E-state index < -0.39 is 0 Å². The molecule has 2 aliphatic rings. The van der Waals surface area contributed by atoms with E-state index in [1.54, 1.807) is 0 Å². The molecule has 0 aliphatic heterocycles. The molecule has 0 unspecified atom stereocenters. The number of carbonyl (C=O) groups excluding carboxylic acids is 2. The molecule has 0 saturated heterocycles. The van der Waals surface area contributed by atoms with Gasteiger partial charge in [-0.25, -0.2) is 0 Å². The zero-order valence-electron chi connectivity index (χ0n) is 14.4. The van der Waals surface area contributed by atoms with Gasteiger partial charge in [-0.15, -0.1) is 0 Å². The summed E-state index contributed by atoms with van der Waals surface area (Å²) in [6, 6.07) is 9.31. The molecule has 132 valence electrons. The zero-order valence-corrected chi connectivity index (χ0v) is 14.4. The third-order valence-corrected chi connectivity index (χ3v) is 4.91. The summed E-state index contributed by atoms with van der Waals surface area (Å²) in [5, 5.41) is 0. The van der Waals surface area contributed by atoms with E-state index >= 15 is 0 Å². The molecule has 0 heterocycles. The molecule has 4 heteroatoms. The Morgan fingerprint density at radius 2 is 1.29 bits per heavy atom. The third kappa shape index (κ3) is 6.34. The summed E-state index contributed by atoms with van der Waals surface area (Å²) in [5.41, 5.74) is 5.13. The summed E-state index contributed by atoms with van der Waals surface area (Å²) in [7, 11) is 0. The fraction of sp³-hybridized carbons (Fsp3) is 0.600. The van der Waals surface area contributed by atoms with Gasteiger partial charge in [0.05, 0.1) is 5.92 Å². The number of para-hydroxylation sites is 1. The van der Waals surface area contributed by atoms with Crippen molar-refractivity contribution in [3.8, 4) is 5.75 Å². The van der Waals surface area contributed by atoms with Gasteiger partial charge in [0.1, 0.15) is 5.75 Å². The molecule has 0 spiro atoms. The lowest BCUT2D eigenvalue weighted by Crippen LogP contribution is -2.24. The van der Waals surface area contributed by atoms with E-state index in [2.05, 4.69) is 0 Å². The summed E-state index contributed by atoms with van der Waals surface area (Å²) >= 11 is 0. The zero-order chi connectivity index (χ0) is 17.2. The first-order valence-corrected chi connectivity index (χ1v) is 9.23. The van der Waals surface area contributed by atoms with Crippen LogP contribution in [-0.4, -0.2) is 11.9 Å². The maximum absolute atomic E-state index is 11.7. The van der Waals surface area contributed by atoms with Crippen molar-refractivity contribution in [1.82, 2.24) is 0 Å². The van der Waals surface area contributed by atoms with Crippen molar-refractivity contribution in [1.29, 1.82) is 0 Å². The fourth-order valence-corrected chi connectivity index (χ4v) is 3.41. The molecular weight excluding hydrogens is 302 g/mol. The Morgan fingerprint density at radius 1 is 0.792 bits per heavy atom. The number of ether oxygens (including phenoxy) is 1. The molecule has 2 saturated carbocycles. The minimum Gasteiger partial charge on any atom is -0.426 e. The first-order chi connectivity index (χ1) is 11.7. The van der Waals surface area contributed by atoms with Gasteiger partial charge in [0.15, 0.2) is 0 Å². The molecule has 0 atom stereocenters. The number of hydrogen-bond acceptors (Lipinski definition) is 3. The van der Waals surface area contributed by atoms with Crippen molar-refractivity contribution >= 4 is 11.9 Å². The van der Waals surface area contributed by atoms with Crippen LogP contribution in [0.4, 0.5) is 0 Å². The van der Waals surface area contributed by atoms with Crippen molar-refractivity contribution in [2.24, 2.45) is 17.6 Å². The van der Waals surface area contributed by atoms with Crippen LogP contribution in [0.15, 0.2) is 30.3 Å². The van der Waals surface area contributed by atoms with Crippen LogP contribution in [0.5, 0.6) is 5.75 Å². The molecule has 1 amide bonds. The number of hydrogen-bond donors (Lipinski definition) is 1. The normalized spacial score (nSPS) is 19.0. The number of primary amides is 1. The number of esters is 1. The van der Waals surface area contributed by atoms with Crippen LogP contribution in [0, 0.1) is 11.8 Å². The highest BCUT2D eigenvalue weighted by atomic mass is 16.5. The first kappa shape index (κ1) is 18.5. The Balaban J connectivity index is 0.000000198. The topological polar surface area (TPSA) is 69.4 Å². The van der Waals surface area contributed by atoms with Crippen LogP contribution in [0.3, 0.4) is 0 Å². The molecule has 0 aromatic heterocycles. The highest BCUT2D eigenvalue weighted by Gasteiger charge is 2.22. The summed E-state index contributed by atoms with van der Waals surface area (Å²) < 4.78 is 5.31. The molecule has 2 aliphatic carbocycles. The van der Waals surface area contributed by atoms with Gasteiger partial charge in [-0.1, -0.05) is 56.7 Å². The van der Waals surface area contributed by atoms with Crippen molar-refractivity contribution in [3.63, 3.8) is 0 Å². The maximum atomic E-state index is 11.7. The Hall–Kier alpha value is -1.84. The minimum atomic E-state index is -0.102. The fourth-order valence-electron chi connectivity index (χ4n) is 3.41. The predicted molar refractivity (Wildman–Crippen MR) is 94.4 cm³/mol. The number of benzene rings is 1. The predicted octanol–water partition coefficient (Wildman–Crippen LogP) is 4.22. The first-order valence-electron chi connectivity index (χ1n) is 9.23.